The lowest BCUT2D eigenvalue weighted by atomic mass is 10.0. The molecule has 42 heavy (non-hydrogen) atoms. The first-order valence-electron chi connectivity index (χ1n) is 13.8. The predicted octanol–water partition coefficient (Wildman–Crippen LogP) is 8.75. The maximum atomic E-state index is 6.42. The van der Waals surface area contributed by atoms with Gasteiger partial charge in [0.25, 0.3) is 0 Å². The molecule has 0 aliphatic rings. The number of hydrogen-bond donors (Lipinski definition) is 0. The minimum Gasteiger partial charge on any atom is -0.454 e. The highest BCUT2D eigenvalue weighted by molar-refractivity contribution is 6.18. The van der Waals surface area contributed by atoms with Gasteiger partial charge in [-0.1, -0.05) is 97.1 Å². The van der Waals surface area contributed by atoms with Crippen molar-refractivity contribution in [2.75, 3.05) is 0 Å². The Labute approximate surface area is 239 Å². The van der Waals surface area contributed by atoms with Crippen molar-refractivity contribution in [1.82, 2.24) is 24.5 Å². The fraction of sp³-hybridized carbons (Fsp3) is 0. The van der Waals surface area contributed by atoms with Crippen LogP contribution in [0.3, 0.4) is 0 Å². The second-order valence-corrected chi connectivity index (χ2v) is 10.3. The molecule has 0 saturated heterocycles. The molecule has 9 aromatic rings. The zero-order valence-electron chi connectivity index (χ0n) is 22.3. The lowest BCUT2D eigenvalue weighted by Gasteiger charge is -2.11. The summed E-state index contributed by atoms with van der Waals surface area (Å²) in [4.78, 5) is 19.8. The van der Waals surface area contributed by atoms with E-state index in [1.165, 1.54) is 0 Å². The van der Waals surface area contributed by atoms with Gasteiger partial charge in [0.15, 0.2) is 17.2 Å². The zero-order valence-corrected chi connectivity index (χ0v) is 22.3. The third-order valence-electron chi connectivity index (χ3n) is 7.95. The SMILES string of the molecule is c1ccc(-c2nc(-c3cncc4oc5c6ccccc6ccc5c34)nc(-n3c4ccccc4c4ccccc43)n2)cc1. The van der Waals surface area contributed by atoms with E-state index in [1.54, 1.807) is 6.20 Å². The summed E-state index contributed by atoms with van der Waals surface area (Å²) in [5, 5.41) is 6.41. The minimum absolute atomic E-state index is 0.537. The zero-order chi connectivity index (χ0) is 27.6. The minimum atomic E-state index is 0.537. The molecule has 0 amide bonds. The molecule has 4 heterocycles. The van der Waals surface area contributed by atoms with E-state index in [2.05, 4.69) is 70.2 Å². The van der Waals surface area contributed by atoms with E-state index < -0.39 is 0 Å². The van der Waals surface area contributed by atoms with Gasteiger partial charge in [-0.2, -0.15) is 9.97 Å². The van der Waals surface area contributed by atoms with Crippen LogP contribution in [0.5, 0.6) is 0 Å². The molecule has 6 nitrogen and oxygen atoms in total. The molecule has 5 aromatic carbocycles. The van der Waals surface area contributed by atoms with Crippen molar-refractivity contribution in [2.45, 2.75) is 0 Å². The standard InChI is InChI=1S/C36H21N5O/c1-2-11-23(12-3-1)34-38-35(40-36(39-34)41-29-16-8-6-14-25(29)26-15-7-9-17-30(26)41)28-20-37-21-31-32(28)27-19-18-22-10-4-5-13-24(22)33(27)42-31/h1-21H. The smallest absolute Gasteiger partial charge is 0.238 e. The molecular formula is C36H21N5O. The van der Waals surface area contributed by atoms with Gasteiger partial charge in [0.05, 0.1) is 17.2 Å². The Morgan fingerprint density at radius 2 is 1.19 bits per heavy atom. The van der Waals surface area contributed by atoms with Crippen LogP contribution in [0.4, 0.5) is 0 Å². The molecule has 0 aliphatic heterocycles. The molecule has 0 unspecified atom stereocenters. The van der Waals surface area contributed by atoms with Crippen LogP contribution < -0.4 is 0 Å². The summed E-state index contributed by atoms with van der Waals surface area (Å²) in [5.41, 5.74) is 5.29. The molecule has 4 aromatic heterocycles. The Balaban J connectivity index is 1.38. The van der Waals surface area contributed by atoms with Gasteiger partial charge < -0.3 is 4.42 Å². The van der Waals surface area contributed by atoms with E-state index in [1.807, 2.05) is 60.8 Å². The Bertz CT molecular complexity index is 2420. The molecule has 0 N–H and O–H groups in total. The van der Waals surface area contributed by atoms with Crippen LogP contribution in [0.1, 0.15) is 0 Å². The summed E-state index contributed by atoms with van der Waals surface area (Å²) in [6, 6.07) is 39.2. The first-order chi connectivity index (χ1) is 20.8. The predicted molar refractivity (Wildman–Crippen MR) is 168 cm³/mol. The summed E-state index contributed by atoms with van der Waals surface area (Å²) in [6.07, 6.45) is 3.59. The van der Waals surface area contributed by atoms with Crippen molar-refractivity contribution in [3.63, 3.8) is 0 Å². The molecular weight excluding hydrogens is 518 g/mol. The summed E-state index contributed by atoms with van der Waals surface area (Å²) in [6.45, 7) is 0. The van der Waals surface area contributed by atoms with Crippen molar-refractivity contribution in [3.8, 4) is 28.7 Å². The molecule has 0 atom stereocenters. The average molecular weight is 540 g/mol. The first-order valence-corrected chi connectivity index (χ1v) is 13.8. The molecule has 0 bridgehead atoms. The number of benzene rings is 5. The van der Waals surface area contributed by atoms with E-state index >= 15 is 0 Å². The number of rotatable bonds is 3. The Hall–Kier alpha value is -5.88. The van der Waals surface area contributed by atoms with E-state index in [0.717, 1.165) is 60.1 Å². The number of nitrogens with zero attached hydrogens (tertiary/aromatic N) is 5. The van der Waals surface area contributed by atoms with Crippen LogP contribution in [-0.2, 0) is 0 Å². The number of hydrogen-bond acceptors (Lipinski definition) is 5. The van der Waals surface area contributed by atoms with Crippen molar-refractivity contribution < 1.29 is 4.42 Å². The van der Waals surface area contributed by atoms with E-state index in [4.69, 9.17) is 19.4 Å². The summed E-state index contributed by atoms with van der Waals surface area (Å²) >= 11 is 0. The van der Waals surface area contributed by atoms with Crippen molar-refractivity contribution >= 4 is 54.5 Å². The van der Waals surface area contributed by atoms with Gasteiger partial charge in [0.1, 0.15) is 5.58 Å². The fourth-order valence-corrected chi connectivity index (χ4v) is 6.07. The Kier molecular flexibility index (Phi) is 4.80. The van der Waals surface area contributed by atoms with E-state index in [9.17, 15) is 0 Å². The van der Waals surface area contributed by atoms with Gasteiger partial charge in [-0.25, -0.2) is 4.98 Å². The topological polar surface area (TPSA) is 69.6 Å². The second kappa shape index (κ2) is 8.81. The number of furan rings is 1. The van der Waals surface area contributed by atoms with Crippen LogP contribution in [0.25, 0.3) is 83.2 Å². The number of aromatic nitrogens is 5. The number of para-hydroxylation sites is 2. The molecule has 0 spiro atoms. The number of pyridine rings is 1. The Morgan fingerprint density at radius 1 is 0.524 bits per heavy atom. The maximum absolute atomic E-state index is 6.42. The van der Waals surface area contributed by atoms with Crippen LogP contribution in [0, 0.1) is 0 Å². The number of fused-ring (bicyclic) bond motifs is 8. The van der Waals surface area contributed by atoms with Gasteiger partial charge in [-0.05, 0) is 23.6 Å². The molecule has 9 rings (SSSR count). The first kappa shape index (κ1) is 22.9. The van der Waals surface area contributed by atoms with Crippen LogP contribution in [0.15, 0.2) is 132 Å². The van der Waals surface area contributed by atoms with Crippen molar-refractivity contribution in [2.24, 2.45) is 0 Å². The largest absolute Gasteiger partial charge is 0.454 e. The van der Waals surface area contributed by atoms with Crippen LogP contribution in [0.2, 0.25) is 0 Å². The summed E-state index contributed by atoms with van der Waals surface area (Å²) < 4.78 is 8.54. The third kappa shape index (κ3) is 3.32. The van der Waals surface area contributed by atoms with Gasteiger partial charge >= 0.3 is 0 Å². The highest BCUT2D eigenvalue weighted by Crippen LogP contribution is 2.39. The van der Waals surface area contributed by atoms with E-state index in [0.29, 0.717) is 23.2 Å². The molecule has 0 aliphatic carbocycles. The van der Waals surface area contributed by atoms with Gasteiger partial charge in [0, 0.05) is 44.3 Å². The molecule has 6 heteroatoms. The Morgan fingerprint density at radius 3 is 1.98 bits per heavy atom. The van der Waals surface area contributed by atoms with Gasteiger partial charge in [-0.15, -0.1) is 0 Å². The second-order valence-electron chi connectivity index (χ2n) is 10.3. The molecule has 0 saturated carbocycles. The monoisotopic (exact) mass is 539 g/mol. The lowest BCUT2D eigenvalue weighted by Crippen LogP contribution is -2.06. The molecule has 0 radical (unpaired) electrons. The average Bonchev–Trinajstić information content (AvgIpc) is 3.61. The molecule has 196 valence electrons. The quantitative estimate of drug-likeness (QED) is 0.224. The highest BCUT2D eigenvalue weighted by atomic mass is 16.3. The van der Waals surface area contributed by atoms with Crippen molar-refractivity contribution in [3.05, 3.63) is 128 Å². The normalized spacial score (nSPS) is 11.8. The third-order valence-corrected chi connectivity index (χ3v) is 7.95. The van der Waals surface area contributed by atoms with Gasteiger partial charge in [-0.3, -0.25) is 9.55 Å². The van der Waals surface area contributed by atoms with Crippen LogP contribution >= 0.6 is 0 Å². The van der Waals surface area contributed by atoms with E-state index in [-0.39, 0.29) is 0 Å². The molecule has 0 fully saturated rings. The summed E-state index contributed by atoms with van der Waals surface area (Å²) in [7, 11) is 0. The maximum Gasteiger partial charge on any atom is 0.238 e. The van der Waals surface area contributed by atoms with Crippen LogP contribution in [-0.4, -0.2) is 24.5 Å². The fourth-order valence-electron chi connectivity index (χ4n) is 6.07. The highest BCUT2D eigenvalue weighted by Gasteiger charge is 2.21. The lowest BCUT2D eigenvalue weighted by molar-refractivity contribution is 0.670. The van der Waals surface area contributed by atoms with Crippen molar-refractivity contribution in [1.29, 1.82) is 0 Å². The van der Waals surface area contributed by atoms with Gasteiger partial charge in [0.2, 0.25) is 5.95 Å². The summed E-state index contributed by atoms with van der Waals surface area (Å²) in [5.74, 6) is 1.67.